The molecular weight excluding hydrogens is 145 g/mol. The van der Waals surface area contributed by atoms with Gasteiger partial charge in [-0.05, 0) is 13.8 Å². The van der Waals surface area contributed by atoms with Crippen LogP contribution in [0.1, 0.15) is 27.7 Å². The molecule has 1 radical (unpaired) electrons. The molecule has 0 N–H and O–H groups in total. The van der Waals surface area contributed by atoms with E-state index in [1.807, 2.05) is 0 Å². The predicted octanol–water partition coefficient (Wildman–Crippen LogP) is 0.743. The Balaban J connectivity index is 3.04. The van der Waals surface area contributed by atoms with Crippen LogP contribution in [0.15, 0.2) is 0 Å². The molecule has 1 rings (SSSR count). The normalized spacial score (nSPS) is 28.6. The van der Waals surface area contributed by atoms with Crippen LogP contribution in [0.3, 0.4) is 0 Å². The summed E-state index contributed by atoms with van der Waals surface area (Å²) >= 11 is 0. The lowest BCUT2D eigenvalue weighted by Crippen LogP contribution is -2.49. The van der Waals surface area contributed by atoms with E-state index in [9.17, 15) is 10.4 Å². The average molecular weight is 158 g/mol. The molecule has 11 heavy (non-hydrogen) atoms. The third-order valence-electron chi connectivity index (χ3n) is 1.99. The molecule has 0 aliphatic carbocycles. The summed E-state index contributed by atoms with van der Waals surface area (Å²) in [5.74, 6) is 0. The highest BCUT2D eigenvalue weighted by Gasteiger charge is 2.51. The summed E-state index contributed by atoms with van der Waals surface area (Å²) < 4.78 is 0.708. The van der Waals surface area contributed by atoms with Gasteiger partial charge in [-0.2, -0.15) is 4.74 Å². The van der Waals surface area contributed by atoms with Crippen LogP contribution in [0.25, 0.3) is 0 Å². The molecule has 0 spiro atoms. The molecule has 1 heterocycles. The first-order valence-electron chi connectivity index (χ1n) is 3.58. The molecule has 0 aromatic carbocycles. The lowest BCUT2D eigenvalue weighted by atomic mass is 10.1. The fourth-order valence-corrected chi connectivity index (χ4v) is 1.29. The first-order valence-corrected chi connectivity index (χ1v) is 3.58. The molecule has 0 bridgehead atoms. The minimum absolute atomic E-state index is 0.675. The van der Waals surface area contributed by atoms with E-state index >= 15 is 0 Å². The Bertz CT molecular complexity index is 208. The van der Waals surface area contributed by atoms with Gasteiger partial charge in [0, 0.05) is 13.8 Å². The van der Waals surface area contributed by atoms with Gasteiger partial charge in [0.2, 0.25) is 5.66 Å². The first-order chi connectivity index (χ1) is 4.78. The Morgan fingerprint density at radius 2 is 1.82 bits per heavy atom. The summed E-state index contributed by atoms with van der Waals surface area (Å²) in [5, 5.41) is 23.4. The third-order valence-corrected chi connectivity index (χ3v) is 1.99. The van der Waals surface area contributed by atoms with Crippen molar-refractivity contribution in [2.75, 3.05) is 0 Å². The number of nitrogens with zero attached hydrogens (tertiary/aromatic N) is 2. The Hall–Kier alpha value is -0.610. The zero-order valence-corrected chi connectivity index (χ0v) is 7.29. The molecule has 0 saturated carbocycles. The van der Waals surface area contributed by atoms with Crippen LogP contribution in [-0.2, 0) is 5.21 Å². The Morgan fingerprint density at radius 1 is 1.36 bits per heavy atom. The van der Waals surface area contributed by atoms with Gasteiger partial charge in [0.1, 0.15) is 5.54 Å². The summed E-state index contributed by atoms with van der Waals surface area (Å²) in [6.07, 6.45) is 1.40. The van der Waals surface area contributed by atoms with Crippen LogP contribution in [0.5, 0.6) is 0 Å². The molecule has 1 aliphatic rings. The van der Waals surface area contributed by atoms with Gasteiger partial charge in [-0.3, -0.25) is 0 Å². The van der Waals surface area contributed by atoms with Gasteiger partial charge in [0.15, 0.2) is 6.21 Å². The standard InChI is InChI=1S/C7H13N2O2/c1-6(2)5-8(10)7(3,4)9(6)11/h5H,1-4H3/i9+1. The second-order valence-corrected chi connectivity index (χ2v) is 3.90. The van der Waals surface area contributed by atoms with E-state index in [2.05, 4.69) is 0 Å². The number of hydroxylamine groups is 3. The van der Waals surface area contributed by atoms with Gasteiger partial charge in [0.05, 0.1) is 0 Å². The van der Waals surface area contributed by atoms with Gasteiger partial charge >= 0.3 is 0 Å². The summed E-state index contributed by atoms with van der Waals surface area (Å²) in [6.45, 7) is 6.66. The summed E-state index contributed by atoms with van der Waals surface area (Å²) in [6, 6.07) is 0. The molecule has 0 fully saturated rings. The summed E-state index contributed by atoms with van der Waals surface area (Å²) in [5.41, 5.74) is -1.63. The maximum absolute atomic E-state index is 11.4. The molecule has 4 heteroatoms. The Kier molecular flexibility index (Phi) is 1.51. The molecule has 0 aromatic rings. The van der Waals surface area contributed by atoms with Crippen molar-refractivity contribution in [2.45, 2.75) is 38.9 Å². The largest absolute Gasteiger partial charge is 0.623 e. The monoisotopic (exact) mass is 158 g/mol. The van der Waals surface area contributed by atoms with E-state index < -0.39 is 11.2 Å². The van der Waals surface area contributed by atoms with E-state index in [-0.39, 0.29) is 0 Å². The highest BCUT2D eigenvalue weighted by Crippen LogP contribution is 2.28. The molecule has 63 valence electrons. The molecule has 0 amide bonds. The summed E-state index contributed by atoms with van der Waals surface area (Å²) in [4.78, 5) is 0. The fourth-order valence-electron chi connectivity index (χ4n) is 1.29. The van der Waals surface area contributed by atoms with Crippen molar-refractivity contribution < 1.29 is 9.95 Å². The van der Waals surface area contributed by atoms with Crippen LogP contribution in [0.4, 0.5) is 0 Å². The molecule has 0 unspecified atom stereocenters. The van der Waals surface area contributed by atoms with E-state index in [4.69, 9.17) is 0 Å². The van der Waals surface area contributed by atoms with Gasteiger partial charge in [-0.15, -0.1) is 5.21 Å². The van der Waals surface area contributed by atoms with Gasteiger partial charge in [-0.25, -0.2) is 0 Å². The fraction of sp³-hybridized carbons (Fsp3) is 0.857. The maximum Gasteiger partial charge on any atom is 0.248 e. The second kappa shape index (κ2) is 1.95. The highest BCUT2D eigenvalue weighted by atomic mass is 16.8. The van der Waals surface area contributed by atoms with E-state index in [1.165, 1.54) is 6.21 Å². The topological polar surface area (TPSA) is 49.2 Å². The zero-order chi connectivity index (χ0) is 8.86. The van der Waals surface area contributed by atoms with Crippen molar-refractivity contribution in [3.63, 3.8) is 0 Å². The van der Waals surface area contributed by atoms with Crippen LogP contribution in [0, 0.1) is 5.21 Å². The Morgan fingerprint density at radius 3 is 1.91 bits per heavy atom. The highest BCUT2D eigenvalue weighted by molar-refractivity contribution is 5.65. The van der Waals surface area contributed by atoms with Crippen molar-refractivity contribution in [1.82, 2.24) is 5.06 Å². The number of hydrogen-bond acceptors (Lipinski definition) is 2. The van der Waals surface area contributed by atoms with Gasteiger partial charge in [0.25, 0.3) is 0 Å². The van der Waals surface area contributed by atoms with Crippen molar-refractivity contribution in [2.24, 2.45) is 0 Å². The lowest BCUT2D eigenvalue weighted by Gasteiger charge is -2.27. The molecular formula is C7H13N2O2. The minimum Gasteiger partial charge on any atom is -0.623 e. The first kappa shape index (κ1) is 8.49. The number of hydrogen-bond donors (Lipinski definition) is 0. The van der Waals surface area contributed by atoms with Crippen LogP contribution < -0.4 is 0 Å². The number of rotatable bonds is 0. The van der Waals surface area contributed by atoms with Gasteiger partial charge < -0.3 is 5.21 Å². The van der Waals surface area contributed by atoms with E-state index in [0.29, 0.717) is 4.74 Å². The summed E-state index contributed by atoms with van der Waals surface area (Å²) in [7, 11) is 0. The van der Waals surface area contributed by atoms with Crippen molar-refractivity contribution in [1.29, 1.82) is 0 Å². The molecule has 0 atom stereocenters. The Labute approximate surface area is 66.3 Å². The van der Waals surface area contributed by atoms with E-state index in [1.54, 1.807) is 27.7 Å². The van der Waals surface area contributed by atoms with Crippen molar-refractivity contribution in [3.8, 4) is 0 Å². The molecule has 0 aromatic heterocycles. The lowest BCUT2D eigenvalue weighted by molar-refractivity contribution is -0.584. The van der Waals surface area contributed by atoms with E-state index in [0.717, 1.165) is 5.06 Å². The van der Waals surface area contributed by atoms with Gasteiger partial charge in [-0.1, -0.05) is 5.06 Å². The molecule has 4 nitrogen and oxygen atoms in total. The van der Waals surface area contributed by atoms with Crippen LogP contribution in [-0.4, -0.2) is 27.2 Å². The van der Waals surface area contributed by atoms with Crippen LogP contribution in [0.2, 0.25) is 0 Å². The SMILES string of the molecule is CC1(C)C=[N+]([O-])C(C)(C)[15N]1[O]. The molecule has 0 saturated heterocycles. The van der Waals surface area contributed by atoms with Crippen molar-refractivity contribution in [3.05, 3.63) is 5.21 Å². The predicted molar refractivity (Wildman–Crippen MR) is 40.4 cm³/mol. The quantitative estimate of drug-likeness (QED) is 0.296. The average Bonchev–Trinajstić information content (AvgIpc) is 1.94. The second-order valence-electron chi connectivity index (χ2n) is 3.90. The molecule has 1 aliphatic heterocycles. The van der Waals surface area contributed by atoms with Crippen molar-refractivity contribution >= 4 is 6.21 Å². The third kappa shape index (κ3) is 1.02. The smallest absolute Gasteiger partial charge is 0.248 e. The van der Waals surface area contributed by atoms with Crippen LogP contribution >= 0.6 is 0 Å². The zero-order valence-electron chi connectivity index (χ0n) is 7.29. The maximum atomic E-state index is 11.4. The minimum atomic E-state index is -0.955.